The first kappa shape index (κ1) is 22.3. The van der Waals surface area contributed by atoms with Gasteiger partial charge in [0.05, 0.1) is 18.4 Å². The van der Waals surface area contributed by atoms with Gasteiger partial charge in [-0.25, -0.2) is 4.99 Å². The summed E-state index contributed by atoms with van der Waals surface area (Å²) in [7, 11) is 0. The number of nitrogens with zero attached hydrogens (tertiary/aromatic N) is 1. The first-order chi connectivity index (χ1) is 13.8. The molecule has 1 amide bonds. The van der Waals surface area contributed by atoms with Crippen molar-refractivity contribution in [1.82, 2.24) is 16.0 Å². The van der Waals surface area contributed by atoms with Crippen LogP contribution < -0.4 is 16.0 Å². The monoisotopic (exact) mass is 410 g/mol. The van der Waals surface area contributed by atoms with E-state index in [1.807, 2.05) is 6.07 Å². The molecule has 0 saturated carbocycles. The van der Waals surface area contributed by atoms with Crippen LogP contribution in [0.5, 0.6) is 0 Å². The number of guanidine groups is 1. The van der Waals surface area contributed by atoms with E-state index in [0.717, 1.165) is 17.9 Å². The van der Waals surface area contributed by atoms with Crippen LogP contribution >= 0.6 is 0 Å². The number of aliphatic imine (C=N–C) groups is 1. The Kier molecular flexibility index (Phi) is 8.57. The molecule has 0 aliphatic carbocycles. The van der Waals surface area contributed by atoms with Crippen LogP contribution in [0.4, 0.5) is 13.2 Å². The van der Waals surface area contributed by atoms with Gasteiger partial charge in [0.25, 0.3) is 0 Å². The molecule has 0 unspecified atom stereocenters. The third-order valence-electron chi connectivity index (χ3n) is 3.94. The fourth-order valence-electron chi connectivity index (χ4n) is 2.51. The summed E-state index contributed by atoms with van der Waals surface area (Å²) in [6, 6.07) is 8.78. The largest absolute Gasteiger partial charge is 0.469 e. The fourth-order valence-corrected chi connectivity index (χ4v) is 2.51. The molecule has 0 bridgehead atoms. The zero-order valence-corrected chi connectivity index (χ0v) is 16.2. The Labute approximate surface area is 167 Å². The van der Waals surface area contributed by atoms with Crippen LogP contribution in [-0.2, 0) is 23.9 Å². The van der Waals surface area contributed by atoms with Gasteiger partial charge >= 0.3 is 6.18 Å². The van der Waals surface area contributed by atoms with Gasteiger partial charge in [-0.05, 0) is 36.2 Å². The number of benzene rings is 1. The normalized spacial score (nSPS) is 11.9. The summed E-state index contributed by atoms with van der Waals surface area (Å²) in [4.78, 5) is 15.3. The van der Waals surface area contributed by atoms with E-state index in [4.69, 9.17) is 4.42 Å². The van der Waals surface area contributed by atoms with E-state index in [1.54, 1.807) is 18.4 Å². The molecule has 1 heterocycles. The molecule has 2 rings (SSSR count). The van der Waals surface area contributed by atoms with Crippen molar-refractivity contribution in [1.29, 1.82) is 0 Å². The molecule has 158 valence electrons. The molecule has 6 nitrogen and oxygen atoms in total. The van der Waals surface area contributed by atoms with Gasteiger partial charge in [0.1, 0.15) is 5.76 Å². The molecule has 1 aromatic carbocycles. The number of rotatable bonds is 9. The lowest BCUT2D eigenvalue weighted by Crippen LogP contribution is -2.39. The van der Waals surface area contributed by atoms with Gasteiger partial charge < -0.3 is 20.4 Å². The van der Waals surface area contributed by atoms with Crippen molar-refractivity contribution in [3.05, 3.63) is 59.5 Å². The SMILES string of the molecule is CC(=O)NCCCNC(=NCc1cccc(C(F)(F)F)c1)NCCc1ccco1. The van der Waals surface area contributed by atoms with Gasteiger partial charge in [-0.2, -0.15) is 13.2 Å². The predicted octanol–water partition coefficient (Wildman–Crippen LogP) is 3.10. The first-order valence-electron chi connectivity index (χ1n) is 9.30. The molecule has 29 heavy (non-hydrogen) atoms. The quantitative estimate of drug-likeness (QED) is 0.337. The van der Waals surface area contributed by atoms with Crippen LogP contribution in [0.1, 0.15) is 30.2 Å². The molecule has 9 heteroatoms. The molecule has 0 aliphatic rings. The van der Waals surface area contributed by atoms with E-state index < -0.39 is 11.7 Å². The zero-order chi connectivity index (χ0) is 21.1. The molecule has 0 atom stereocenters. The average Bonchev–Trinajstić information content (AvgIpc) is 3.18. The third kappa shape index (κ3) is 8.71. The maximum atomic E-state index is 12.9. The highest BCUT2D eigenvalue weighted by molar-refractivity contribution is 5.79. The number of alkyl halides is 3. The lowest BCUT2D eigenvalue weighted by Gasteiger charge is -2.13. The first-order valence-corrected chi connectivity index (χ1v) is 9.30. The Morgan fingerprint density at radius 3 is 2.52 bits per heavy atom. The standard InChI is InChI=1S/C20H25F3N4O2/c1-15(28)24-9-4-10-25-19(26-11-8-18-7-3-12-29-18)27-14-16-5-2-6-17(13-16)20(21,22)23/h2-3,5-7,12-13H,4,8-11,14H2,1H3,(H,24,28)(H2,25,26,27). The van der Waals surface area contributed by atoms with E-state index in [0.29, 0.717) is 44.0 Å². The summed E-state index contributed by atoms with van der Waals surface area (Å²) >= 11 is 0. The number of amides is 1. The summed E-state index contributed by atoms with van der Waals surface area (Å²) in [5.74, 6) is 1.21. The lowest BCUT2D eigenvalue weighted by molar-refractivity contribution is -0.137. The van der Waals surface area contributed by atoms with E-state index in [-0.39, 0.29) is 12.5 Å². The van der Waals surface area contributed by atoms with Crippen molar-refractivity contribution in [2.24, 2.45) is 4.99 Å². The molecule has 3 N–H and O–H groups in total. The van der Waals surface area contributed by atoms with Crippen molar-refractivity contribution in [2.75, 3.05) is 19.6 Å². The molecule has 2 aromatic rings. The number of carbonyl (C=O) groups excluding carboxylic acids is 1. The second kappa shape index (κ2) is 11.1. The Bertz CT molecular complexity index is 789. The number of hydrogen-bond acceptors (Lipinski definition) is 3. The summed E-state index contributed by atoms with van der Waals surface area (Å²) in [6.45, 7) is 3.18. The summed E-state index contributed by atoms with van der Waals surface area (Å²) in [5, 5.41) is 8.97. The molecule has 0 aliphatic heterocycles. The van der Waals surface area contributed by atoms with Crippen LogP contribution in [0.15, 0.2) is 52.1 Å². The van der Waals surface area contributed by atoms with Gasteiger partial charge in [0.15, 0.2) is 5.96 Å². The molecule has 0 radical (unpaired) electrons. The topological polar surface area (TPSA) is 78.7 Å². The van der Waals surface area contributed by atoms with Crippen LogP contribution in [0.2, 0.25) is 0 Å². The van der Waals surface area contributed by atoms with E-state index >= 15 is 0 Å². The van der Waals surface area contributed by atoms with Crippen molar-refractivity contribution in [2.45, 2.75) is 32.5 Å². The van der Waals surface area contributed by atoms with Crippen LogP contribution in [0.3, 0.4) is 0 Å². The second-order valence-corrected chi connectivity index (χ2v) is 6.38. The van der Waals surface area contributed by atoms with Crippen molar-refractivity contribution in [3.8, 4) is 0 Å². The molecule has 1 aromatic heterocycles. The van der Waals surface area contributed by atoms with E-state index in [2.05, 4.69) is 20.9 Å². The Morgan fingerprint density at radius 1 is 1.07 bits per heavy atom. The van der Waals surface area contributed by atoms with Crippen LogP contribution in [0, 0.1) is 0 Å². The van der Waals surface area contributed by atoms with Crippen molar-refractivity contribution < 1.29 is 22.4 Å². The molecule has 0 fully saturated rings. The average molecular weight is 410 g/mol. The smallest absolute Gasteiger partial charge is 0.416 e. The maximum Gasteiger partial charge on any atom is 0.416 e. The Morgan fingerprint density at radius 2 is 1.83 bits per heavy atom. The fraction of sp³-hybridized carbons (Fsp3) is 0.400. The van der Waals surface area contributed by atoms with Crippen LogP contribution in [-0.4, -0.2) is 31.5 Å². The second-order valence-electron chi connectivity index (χ2n) is 6.38. The Balaban J connectivity index is 1.93. The number of carbonyl (C=O) groups is 1. The van der Waals surface area contributed by atoms with Crippen molar-refractivity contribution in [3.63, 3.8) is 0 Å². The van der Waals surface area contributed by atoms with Gasteiger partial charge in [-0.15, -0.1) is 0 Å². The summed E-state index contributed by atoms with van der Waals surface area (Å²) in [5.41, 5.74) is -0.231. The number of halogens is 3. The third-order valence-corrected chi connectivity index (χ3v) is 3.94. The zero-order valence-electron chi connectivity index (χ0n) is 16.2. The van der Waals surface area contributed by atoms with Crippen molar-refractivity contribution >= 4 is 11.9 Å². The van der Waals surface area contributed by atoms with Gasteiger partial charge in [-0.3, -0.25) is 4.79 Å². The minimum atomic E-state index is -4.38. The van der Waals surface area contributed by atoms with E-state index in [9.17, 15) is 18.0 Å². The molecular formula is C20H25F3N4O2. The number of nitrogens with one attached hydrogen (secondary N) is 3. The van der Waals surface area contributed by atoms with Gasteiger partial charge in [0.2, 0.25) is 5.91 Å². The van der Waals surface area contributed by atoms with E-state index in [1.165, 1.54) is 13.0 Å². The highest BCUT2D eigenvalue weighted by atomic mass is 19.4. The number of hydrogen-bond donors (Lipinski definition) is 3. The van der Waals surface area contributed by atoms with Crippen LogP contribution in [0.25, 0.3) is 0 Å². The minimum absolute atomic E-state index is 0.0972. The minimum Gasteiger partial charge on any atom is -0.469 e. The molecular weight excluding hydrogens is 385 g/mol. The maximum absolute atomic E-state index is 12.9. The highest BCUT2D eigenvalue weighted by Crippen LogP contribution is 2.29. The number of furan rings is 1. The summed E-state index contributed by atoms with van der Waals surface area (Å²) < 4.78 is 43.9. The van der Waals surface area contributed by atoms with Gasteiger partial charge in [0, 0.05) is 33.0 Å². The highest BCUT2D eigenvalue weighted by Gasteiger charge is 2.30. The lowest BCUT2D eigenvalue weighted by atomic mass is 10.1. The predicted molar refractivity (Wildman–Crippen MR) is 104 cm³/mol. The van der Waals surface area contributed by atoms with Gasteiger partial charge in [-0.1, -0.05) is 12.1 Å². The summed E-state index contributed by atoms with van der Waals surface area (Å²) in [6.07, 6.45) is -1.46. The molecule has 0 spiro atoms. The Hall–Kier alpha value is -2.97. The molecule has 0 saturated heterocycles.